The summed E-state index contributed by atoms with van der Waals surface area (Å²) in [5.41, 5.74) is 1.87. The molecule has 0 spiro atoms. The van der Waals surface area contributed by atoms with Crippen LogP contribution in [0.2, 0.25) is 0 Å². The molecule has 2 aromatic carbocycles. The Morgan fingerprint density at radius 3 is 2.60 bits per heavy atom. The fourth-order valence-corrected chi connectivity index (χ4v) is 3.74. The number of hydrogen-bond donors (Lipinski definition) is 1. The van der Waals surface area contributed by atoms with E-state index in [4.69, 9.17) is 0 Å². The predicted molar refractivity (Wildman–Crippen MR) is 104 cm³/mol. The predicted octanol–water partition coefficient (Wildman–Crippen LogP) is 5.91. The van der Waals surface area contributed by atoms with Crippen LogP contribution in [-0.4, -0.2) is 10.9 Å². The lowest BCUT2D eigenvalue weighted by molar-refractivity contribution is 0.101. The molecular weight excluding hydrogens is 457 g/mol. The molecule has 0 aliphatic heterocycles. The molecule has 0 atom stereocenters. The third-order valence-corrected chi connectivity index (χ3v) is 5.14. The van der Waals surface area contributed by atoms with E-state index < -0.39 is 18.0 Å². The third kappa shape index (κ3) is 4.04. The molecule has 3 rings (SSSR count). The molecule has 0 saturated carbocycles. The van der Waals surface area contributed by atoms with Crippen LogP contribution in [0.5, 0.6) is 0 Å². The molecule has 3 nitrogen and oxygen atoms in total. The smallest absolute Gasteiger partial charge is 0.282 e. The number of carbonyl (C=O) groups excluding carboxylic acids is 1. The number of halogens is 3. The van der Waals surface area contributed by atoms with E-state index in [-0.39, 0.29) is 4.88 Å². The second-order valence-corrected chi connectivity index (χ2v) is 7.71. The summed E-state index contributed by atoms with van der Waals surface area (Å²) in [6, 6.07) is 15.2. The highest BCUT2D eigenvalue weighted by Crippen LogP contribution is 2.32. The van der Waals surface area contributed by atoms with Crippen LogP contribution in [0.25, 0.3) is 11.1 Å². The maximum Gasteiger partial charge on any atom is 0.282 e. The number of alkyl halides is 2. The largest absolute Gasteiger partial charge is 0.321 e. The number of rotatable bonds is 4. The van der Waals surface area contributed by atoms with Crippen LogP contribution in [0, 0.1) is 10.5 Å². The number of carbonyl (C=O) groups is 1. The Hall–Kier alpha value is -1.87. The number of thiazole rings is 1. The molecule has 0 unspecified atom stereocenters. The number of nitrogens with one attached hydrogen (secondary N) is 1. The molecule has 0 radical (unpaired) electrons. The third-order valence-electron chi connectivity index (χ3n) is 3.49. The Bertz CT molecular complexity index is 913. The first-order chi connectivity index (χ1) is 12.0. The van der Waals surface area contributed by atoms with Gasteiger partial charge in [-0.3, -0.25) is 4.79 Å². The number of benzene rings is 2. The van der Waals surface area contributed by atoms with E-state index in [9.17, 15) is 13.6 Å². The van der Waals surface area contributed by atoms with Gasteiger partial charge in [0.15, 0.2) is 0 Å². The van der Waals surface area contributed by atoms with Crippen LogP contribution >= 0.6 is 33.9 Å². The van der Waals surface area contributed by atoms with Crippen LogP contribution in [0.15, 0.2) is 48.5 Å². The fraction of sp³-hybridized carbons (Fsp3) is 0.111. The minimum absolute atomic E-state index is 0.0506. The molecule has 1 heterocycles. The summed E-state index contributed by atoms with van der Waals surface area (Å²) in [5, 5.41) is 3.20. The summed E-state index contributed by atoms with van der Waals surface area (Å²) in [6.45, 7) is 1.61. The van der Waals surface area contributed by atoms with Crippen molar-refractivity contribution >= 4 is 45.5 Å². The van der Waals surface area contributed by atoms with Gasteiger partial charge in [-0.2, -0.15) is 0 Å². The Labute approximate surface area is 161 Å². The maximum absolute atomic E-state index is 13.1. The van der Waals surface area contributed by atoms with Crippen LogP contribution < -0.4 is 5.32 Å². The standard InChI is InChI=1S/C18H13F2IN2OS/c1-10-22-15(17(19)20)16(25-10)18(24)23-14-9-12(21)7-8-13(14)11-5-3-2-4-6-11/h2-9,17H,1H3,(H,23,24). The minimum Gasteiger partial charge on any atom is -0.321 e. The van der Waals surface area contributed by atoms with Crippen LogP contribution in [0.1, 0.15) is 26.8 Å². The van der Waals surface area contributed by atoms with Crippen molar-refractivity contribution < 1.29 is 13.6 Å². The van der Waals surface area contributed by atoms with E-state index in [2.05, 4.69) is 32.9 Å². The average Bonchev–Trinajstić information content (AvgIpc) is 2.98. The van der Waals surface area contributed by atoms with Gasteiger partial charge in [0.2, 0.25) is 0 Å². The van der Waals surface area contributed by atoms with Crippen molar-refractivity contribution in [2.75, 3.05) is 5.32 Å². The zero-order chi connectivity index (χ0) is 18.0. The van der Waals surface area contributed by atoms with E-state index in [1.807, 2.05) is 48.5 Å². The Morgan fingerprint density at radius 1 is 1.20 bits per heavy atom. The number of anilines is 1. The lowest BCUT2D eigenvalue weighted by atomic mass is 10.0. The quantitative estimate of drug-likeness (QED) is 0.482. The highest BCUT2D eigenvalue weighted by molar-refractivity contribution is 14.1. The average molecular weight is 470 g/mol. The fourth-order valence-electron chi connectivity index (χ4n) is 2.42. The Kier molecular flexibility index (Phi) is 5.43. The van der Waals surface area contributed by atoms with Crippen LogP contribution in [0.3, 0.4) is 0 Å². The number of amides is 1. The summed E-state index contributed by atoms with van der Waals surface area (Å²) in [5.74, 6) is -0.569. The number of aromatic nitrogens is 1. The number of hydrogen-bond acceptors (Lipinski definition) is 3. The van der Waals surface area contributed by atoms with Gasteiger partial charge in [-0.25, -0.2) is 13.8 Å². The summed E-state index contributed by atoms with van der Waals surface area (Å²) < 4.78 is 27.2. The normalized spacial score (nSPS) is 10.9. The summed E-state index contributed by atoms with van der Waals surface area (Å²) in [6.07, 6.45) is -2.78. The molecule has 0 bridgehead atoms. The van der Waals surface area contributed by atoms with Crippen molar-refractivity contribution in [3.63, 3.8) is 0 Å². The second-order valence-electron chi connectivity index (χ2n) is 5.26. The van der Waals surface area contributed by atoms with Gasteiger partial charge in [-0.15, -0.1) is 11.3 Å². The summed E-state index contributed by atoms with van der Waals surface area (Å²) >= 11 is 3.11. The van der Waals surface area contributed by atoms with Gasteiger partial charge in [0, 0.05) is 14.8 Å². The Balaban J connectivity index is 1.98. The minimum atomic E-state index is -2.78. The van der Waals surface area contributed by atoms with Crippen molar-refractivity contribution in [1.82, 2.24) is 4.98 Å². The summed E-state index contributed by atoms with van der Waals surface area (Å²) in [4.78, 5) is 16.3. The molecule has 0 aliphatic carbocycles. The van der Waals surface area contributed by atoms with Crippen molar-refractivity contribution in [3.8, 4) is 11.1 Å². The molecular formula is C18H13F2IN2OS. The van der Waals surface area contributed by atoms with Gasteiger partial charge in [0.1, 0.15) is 10.6 Å². The van der Waals surface area contributed by atoms with Crippen molar-refractivity contribution in [2.24, 2.45) is 0 Å². The monoisotopic (exact) mass is 470 g/mol. The SMILES string of the molecule is Cc1nc(C(F)F)c(C(=O)Nc2cc(I)ccc2-c2ccccc2)s1. The summed E-state index contributed by atoms with van der Waals surface area (Å²) in [7, 11) is 0. The van der Waals surface area contributed by atoms with Gasteiger partial charge >= 0.3 is 0 Å². The molecule has 0 fully saturated rings. The van der Waals surface area contributed by atoms with E-state index in [0.29, 0.717) is 10.7 Å². The van der Waals surface area contributed by atoms with E-state index in [1.165, 1.54) is 0 Å². The number of aryl methyl sites for hydroxylation is 1. The lowest BCUT2D eigenvalue weighted by Gasteiger charge is -2.12. The molecule has 1 aromatic heterocycles. The van der Waals surface area contributed by atoms with Crippen molar-refractivity contribution in [2.45, 2.75) is 13.3 Å². The molecule has 7 heteroatoms. The van der Waals surface area contributed by atoms with Gasteiger partial charge in [-0.1, -0.05) is 36.4 Å². The lowest BCUT2D eigenvalue weighted by Crippen LogP contribution is -2.13. The molecule has 1 N–H and O–H groups in total. The molecule has 128 valence electrons. The first-order valence-corrected chi connectivity index (χ1v) is 9.27. The highest BCUT2D eigenvalue weighted by Gasteiger charge is 2.24. The molecule has 3 aromatic rings. The topological polar surface area (TPSA) is 42.0 Å². The van der Waals surface area contributed by atoms with Gasteiger partial charge in [0.05, 0.1) is 5.01 Å². The van der Waals surface area contributed by atoms with Crippen molar-refractivity contribution in [3.05, 3.63) is 67.7 Å². The first kappa shape index (κ1) is 17.9. The maximum atomic E-state index is 13.1. The van der Waals surface area contributed by atoms with E-state index in [1.54, 1.807) is 6.92 Å². The highest BCUT2D eigenvalue weighted by atomic mass is 127. The first-order valence-electron chi connectivity index (χ1n) is 7.37. The van der Waals surface area contributed by atoms with Crippen molar-refractivity contribution in [1.29, 1.82) is 0 Å². The Morgan fingerprint density at radius 2 is 1.92 bits per heavy atom. The van der Waals surface area contributed by atoms with Gasteiger partial charge in [0.25, 0.3) is 12.3 Å². The zero-order valence-electron chi connectivity index (χ0n) is 13.1. The zero-order valence-corrected chi connectivity index (χ0v) is 16.1. The van der Waals surface area contributed by atoms with E-state index >= 15 is 0 Å². The van der Waals surface area contributed by atoms with Crippen LogP contribution in [-0.2, 0) is 0 Å². The van der Waals surface area contributed by atoms with E-state index in [0.717, 1.165) is 26.0 Å². The molecule has 0 aliphatic rings. The van der Waals surface area contributed by atoms with Crippen LogP contribution in [0.4, 0.5) is 14.5 Å². The molecule has 1 amide bonds. The van der Waals surface area contributed by atoms with Gasteiger partial charge < -0.3 is 5.32 Å². The van der Waals surface area contributed by atoms with Gasteiger partial charge in [-0.05, 0) is 47.2 Å². The second kappa shape index (κ2) is 7.57. The molecule has 25 heavy (non-hydrogen) atoms. The number of nitrogens with zero attached hydrogens (tertiary/aromatic N) is 1. The molecule has 0 saturated heterocycles.